The zero-order valence-corrected chi connectivity index (χ0v) is 18.0. The van der Waals surface area contributed by atoms with Gasteiger partial charge in [-0.2, -0.15) is 0 Å². The Kier molecular flexibility index (Phi) is 4.60. The van der Waals surface area contributed by atoms with Gasteiger partial charge in [0.05, 0.1) is 11.7 Å². The smallest absolute Gasteiger partial charge is 0.287 e. The molecule has 1 N–H and O–H groups in total. The first-order valence-corrected chi connectivity index (χ1v) is 11.2. The zero-order chi connectivity index (χ0) is 22.4. The van der Waals surface area contributed by atoms with Crippen LogP contribution in [0.3, 0.4) is 0 Å². The van der Waals surface area contributed by atoms with E-state index in [1.54, 1.807) is 36.9 Å². The van der Waals surface area contributed by atoms with Crippen LogP contribution in [0.25, 0.3) is 21.9 Å². The van der Waals surface area contributed by atoms with E-state index in [0.29, 0.717) is 29.5 Å². The maximum Gasteiger partial charge on any atom is 0.287 e. The summed E-state index contributed by atoms with van der Waals surface area (Å²) in [5.74, 6) is 0.537. The molecule has 8 heteroatoms. The summed E-state index contributed by atoms with van der Waals surface area (Å²) in [7, 11) is 0. The van der Waals surface area contributed by atoms with E-state index in [2.05, 4.69) is 20.3 Å². The van der Waals surface area contributed by atoms with Crippen molar-refractivity contribution < 1.29 is 14.0 Å². The lowest BCUT2D eigenvalue weighted by atomic mass is 9.90. The van der Waals surface area contributed by atoms with Crippen molar-refractivity contribution in [3.05, 3.63) is 66.6 Å². The number of carbonyl (C=O) groups excluding carboxylic acids is 2. The quantitative estimate of drug-likeness (QED) is 0.521. The summed E-state index contributed by atoms with van der Waals surface area (Å²) in [6.45, 7) is 2.06. The number of amides is 2. The van der Waals surface area contributed by atoms with Gasteiger partial charge in [0.2, 0.25) is 0 Å². The Hall–Kier alpha value is -3.81. The number of aromatic nitrogens is 3. The molecule has 8 nitrogen and oxygen atoms in total. The Morgan fingerprint density at radius 1 is 1.06 bits per heavy atom. The van der Waals surface area contributed by atoms with Gasteiger partial charge < -0.3 is 14.6 Å². The molecule has 4 aromatic rings. The number of furan rings is 1. The van der Waals surface area contributed by atoms with Gasteiger partial charge in [0.25, 0.3) is 11.8 Å². The minimum atomic E-state index is -0.196. The predicted octanol–water partition coefficient (Wildman–Crippen LogP) is 3.44. The van der Waals surface area contributed by atoms with E-state index in [9.17, 15) is 9.59 Å². The Bertz CT molecular complexity index is 1340. The van der Waals surface area contributed by atoms with Gasteiger partial charge in [-0.05, 0) is 60.9 Å². The molecule has 0 bridgehead atoms. The Morgan fingerprint density at radius 2 is 1.88 bits per heavy atom. The monoisotopic (exact) mass is 441 g/mol. The number of nitrogens with one attached hydrogen (secondary N) is 1. The molecule has 1 aliphatic heterocycles. The topological polar surface area (TPSA) is 101 Å². The molecule has 1 unspecified atom stereocenters. The second-order valence-electron chi connectivity index (χ2n) is 9.05. The number of rotatable bonds is 4. The molecule has 166 valence electrons. The van der Waals surface area contributed by atoms with Crippen LogP contribution in [0.5, 0.6) is 0 Å². The summed E-state index contributed by atoms with van der Waals surface area (Å²) < 4.78 is 5.60. The van der Waals surface area contributed by atoms with Crippen molar-refractivity contribution in [1.29, 1.82) is 0 Å². The highest BCUT2D eigenvalue weighted by atomic mass is 16.3. The molecule has 1 aliphatic carbocycles. The van der Waals surface area contributed by atoms with Crippen LogP contribution in [0.4, 0.5) is 0 Å². The predicted molar refractivity (Wildman–Crippen MR) is 122 cm³/mol. The lowest BCUT2D eigenvalue weighted by molar-refractivity contribution is 0.0663. The van der Waals surface area contributed by atoms with E-state index >= 15 is 0 Å². The molecule has 1 saturated heterocycles. The summed E-state index contributed by atoms with van der Waals surface area (Å²) in [5.41, 5.74) is 2.10. The van der Waals surface area contributed by atoms with Crippen LogP contribution in [0.2, 0.25) is 0 Å². The molecule has 0 aromatic carbocycles. The number of likely N-dealkylation sites (tertiary alicyclic amines) is 1. The van der Waals surface area contributed by atoms with Crippen LogP contribution < -0.4 is 5.32 Å². The third-order valence-corrected chi connectivity index (χ3v) is 7.17. The molecule has 2 amide bonds. The molecular weight excluding hydrogens is 418 g/mol. The molecule has 6 rings (SSSR count). The number of nitrogens with zero attached hydrogens (tertiary/aromatic N) is 4. The van der Waals surface area contributed by atoms with Gasteiger partial charge in [0, 0.05) is 49.0 Å². The number of hydrogen-bond donors (Lipinski definition) is 1. The molecule has 5 heterocycles. The zero-order valence-electron chi connectivity index (χ0n) is 18.0. The maximum absolute atomic E-state index is 13.0. The fraction of sp³-hybridized carbons (Fsp3) is 0.320. The van der Waals surface area contributed by atoms with Gasteiger partial charge in [-0.1, -0.05) is 0 Å². The number of carbonyl (C=O) groups is 2. The molecule has 1 spiro atoms. The van der Waals surface area contributed by atoms with Crippen LogP contribution in [-0.2, 0) is 0 Å². The van der Waals surface area contributed by atoms with Gasteiger partial charge in [-0.25, -0.2) is 4.98 Å². The van der Waals surface area contributed by atoms with Crippen molar-refractivity contribution in [3.63, 3.8) is 0 Å². The Morgan fingerprint density at radius 3 is 2.73 bits per heavy atom. The van der Waals surface area contributed by atoms with Crippen molar-refractivity contribution >= 4 is 33.7 Å². The van der Waals surface area contributed by atoms with Crippen molar-refractivity contribution in [3.8, 4) is 0 Å². The molecule has 2 fully saturated rings. The molecule has 4 aromatic heterocycles. The number of fused-ring (bicyclic) bond motifs is 2. The fourth-order valence-electron chi connectivity index (χ4n) is 5.03. The number of hydrogen-bond acceptors (Lipinski definition) is 6. The lowest BCUT2D eigenvalue weighted by Crippen LogP contribution is -2.40. The SMILES string of the molecule is O=C(NCC1CC12CCN(C(=O)c1ccc3cnccc3n1)CC2)c1cc2ccncc2o1. The van der Waals surface area contributed by atoms with Crippen molar-refractivity contribution in [2.45, 2.75) is 19.3 Å². The molecular formula is C25H23N5O3. The molecule has 33 heavy (non-hydrogen) atoms. The highest BCUT2D eigenvalue weighted by Crippen LogP contribution is 2.59. The highest BCUT2D eigenvalue weighted by Gasteiger charge is 2.54. The van der Waals surface area contributed by atoms with Crippen molar-refractivity contribution in [2.75, 3.05) is 19.6 Å². The first-order valence-electron chi connectivity index (χ1n) is 11.2. The van der Waals surface area contributed by atoms with Crippen LogP contribution in [0, 0.1) is 11.3 Å². The number of pyridine rings is 3. The average molecular weight is 441 g/mol. The van der Waals surface area contributed by atoms with Gasteiger partial charge in [0.15, 0.2) is 11.3 Å². The Labute approximate surface area is 190 Å². The van der Waals surface area contributed by atoms with E-state index in [0.717, 1.165) is 48.6 Å². The maximum atomic E-state index is 13.0. The van der Waals surface area contributed by atoms with Crippen LogP contribution in [-0.4, -0.2) is 51.3 Å². The first kappa shape index (κ1) is 19.8. The normalized spacial score (nSPS) is 19.2. The number of piperidine rings is 1. The second-order valence-corrected chi connectivity index (χ2v) is 9.05. The summed E-state index contributed by atoms with van der Waals surface area (Å²) in [6.07, 6.45) is 9.71. The third-order valence-electron chi connectivity index (χ3n) is 7.17. The van der Waals surface area contributed by atoms with Crippen molar-refractivity contribution in [2.24, 2.45) is 11.3 Å². The van der Waals surface area contributed by atoms with Gasteiger partial charge in [-0.15, -0.1) is 0 Å². The minimum absolute atomic E-state index is 0.0200. The highest BCUT2D eigenvalue weighted by molar-refractivity contribution is 5.96. The van der Waals surface area contributed by atoms with E-state index < -0.39 is 0 Å². The summed E-state index contributed by atoms with van der Waals surface area (Å²) in [6, 6.07) is 9.07. The van der Waals surface area contributed by atoms with E-state index in [-0.39, 0.29) is 17.2 Å². The Balaban J connectivity index is 1.04. The summed E-state index contributed by atoms with van der Waals surface area (Å²) >= 11 is 0. The van der Waals surface area contributed by atoms with E-state index in [1.165, 1.54) is 0 Å². The van der Waals surface area contributed by atoms with Crippen LogP contribution >= 0.6 is 0 Å². The molecule has 1 saturated carbocycles. The fourth-order valence-corrected chi connectivity index (χ4v) is 5.03. The van der Waals surface area contributed by atoms with E-state index in [4.69, 9.17) is 4.42 Å². The van der Waals surface area contributed by atoms with Gasteiger partial charge in [-0.3, -0.25) is 19.6 Å². The summed E-state index contributed by atoms with van der Waals surface area (Å²) in [4.78, 5) is 40.0. The van der Waals surface area contributed by atoms with Crippen molar-refractivity contribution in [1.82, 2.24) is 25.2 Å². The average Bonchev–Trinajstić information content (AvgIpc) is 3.33. The second kappa shape index (κ2) is 7.65. The van der Waals surface area contributed by atoms with E-state index in [1.807, 2.05) is 23.1 Å². The van der Waals surface area contributed by atoms with Gasteiger partial charge >= 0.3 is 0 Å². The summed E-state index contributed by atoms with van der Waals surface area (Å²) in [5, 5.41) is 4.81. The molecule has 2 aliphatic rings. The standard InChI is InChI=1S/C25H23N5O3/c31-23(21-11-16-3-7-27-15-22(16)33-21)28-14-18-12-25(18)5-9-30(10-6-25)24(32)20-2-1-17-13-26-8-4-19(17)29-20/h1-4,7-8,11,13,15,18H,5-6,9-10,12,14H2,(H,28,31). The third kappa shape index (κ3) is 3.61. The van der Waals surface area contributed by atoms with Gasteiger partial charge in [0.1, 0.15) is 5.69 Å². The first-order chi connectivity index (χ1) is 16.1. The molecule has 0 radical (unpaired) electrons. The lowest BCUT2D eigenvalue weighted by Gasteiger charge is -2.33. The minimum Gasteiger partial charge on any atom is -0.449 e. The van der Waals surface area contributed by atoms with Crippen LogP contribution in [0.15, 0.2) is 59.5 Å². The largest absolute Gasteiger partial charge is 0.449 e. The van der Waals surface area contributed by atoms with Crippen LogP contribution in [0.1, 0.15) is 40.3 Å². The molecule has 1 atom stereocenters.